The maximum Gasteiger partial charge on any atom is 0.573 e. The first-order chi connectivity index (χ1) is 15.8. The van der Waals surface area contributed by atoms with Crippen molar-refractivity contribution in [1.82, 2.24) is 9.21 Å². The van der Waals surface area contributed by atoms with E-state index in [-0.39, 0.29) is 17.6 Å². The Bertz CT molecular complexity index is 1240. The number of nitrogens with zero attached hydrogens (tertiary/aromatic N) is 3. The molecule has 2 heterocycles. The molecule has 2 atom stereocenters. The molecular weight excluding hydrogens is 539 g/mol. The van der Waals surface area contributed by atoms with Crippen molar-refractivity contribution in [3.8, 4) is 5.75 Å². The van der Waals surface area contributed by atoms with Gasteiger partial charge in [-0.2, -0.15) is 4.31 Å². The van der Waals surface area contributed by atoms with Crippen LogP contribution in [0.5, 0.6) is 5.75 Å². The molecular formula is C21H23BrF3N5O3S. The van der Waals surface area contributed by atoms with Crippen LogP contribution in [-0.2, 0) is 10.0 Å². The lowest BCUT2D eigenvalue weighted by atomic mass is 9.97. The van der Waals surface area contributed by atoms with Crippen LogP contribution in [0, 0.1) is 5.92 Å². The summed E-state index contributed by atoms with van der Waals surface area (Å²) in [7, 11) is -0.630. The number of hydrogen-bond acceptors (Lipinski definition) is 7. The van der Waals surface area contributed by atoms with Crippen LogP contribution in [0.15, 0.2) is 56.8 Å². The molecule has 0 saturated carbocycles. The van der Waals surface area contributed by atoms with Crippen molar-refractivity contribution in [3.63, 3.8) is 0 Å². The molecule has 0 radical (unpaired) electrons. The first-order valence-electron chi connectivity index (χ1n) is 10.3. The van der Waals surface area contributed by atoms with Gasteiger partial charge in [-0.15, -0.1) is 13.2 Å². The third-order valence-corrected chi connectivity index (χ3v) is 8.14. The van der Waals surface area contributed by atoms with Gasteiger partial charge in [0.15, 0.2) is 11.5 Å². The van der Waals surface area contributed by atoms with Gasteiger partial charge in [0.2, 0.25) is 10.0 Å². The average Bonchev–Trinajstić information content (AvgIpc) is 3.24. The SMILES string of the molecule is CN(C)C1=NC(N)(C2CCN(S(=O)(=O)c3ccc(Br)cc3OC(F)(F)F)C2)Nc2ccccc21. The molecule has 0 aromatic heterocycles. The van der Waals surface area contributed by atoms with E-state index in [0.29, 0.717) is 12.3 Å². The smallest absolute Gasteiger partial charge is 0.404 e. The highest BCUT2D eigenvalue weighted by molar-refractivity contribution is 9.10. The van der Waals surface area contributed by atoms with Gasteiger partial charge in [-0.3, -0.25) is 5.73 Å². The van der Waals surface area contributed by atoms with E-state index in [2.05, 4.69) is 26.0 Å². The summed E-state index contributed by atoms with van der Waals surface area (Å²) in [6.07, 6.45) is -4.68. The molecule has 0 amide bonds. The van der Waals surface area contributed by atoms with Crippen molar-refractivity contribution < 1.29 is 26.3 Å². The van der Waals surface area contributed by atoms with Gasteiger partial charge in [-0.05, 0) is 36.8 Å². The van der Waals surface area contributed by atoms with Gasteiger partial charge in [-0.25, -0.2) is 13.4 Å². The molecule has 8 nitrogen and oxygen atoms in total. The molecule has 0 spiro atoms. The van der Waals surface area contributed by atoms with Crippen molar-refractivity contribution in [1.29, 1.82) is 0 Å². The van der Waals surface area contributed by atoms with E-state index in [9.17, 15) is 21.6 Å². The Labute approximate surface area is 203 Å². The Hall–Kier alpha value is -2.35. The number of fused-ring (bicyclic) bond motifs is 1. The van der Waals surface area contributed by atoms with Crippen molar-refractivity contribution in [2.75, 3.05) is 32.5 Å². The number of sulfonamides is 1. The zero-order chi connectivity index (χ0) is 24.9. The fraction of sp³-hybridized carbons (Fsp3) is 0.381. The average molecular weight is 562 g/mol. The summed E-state index contributed by atoms with van der Waals surface area (Å²) < 4.78 is 70.7. The minimum absolute atomic E-state index is 0.0280. The van der Waals surface area contributed by atoms with Crippen LogP contribution in [0.25, 0.3) is 0 Å². The molecule has 0 aliphatic carbocycles. The number of hydrogen-bond donors (Lipinski definition) is 2. The minimum atomic E-state index is -5.05. The monoisotopic (exact) mass is 561 g/mol. The number of nitrogens with two attached hydrogens (primary N) is 1. The highest BCUT2D eigenvalue weighted by Crippen LogP contribution is 2.39. The van der Waals surface area contributed by atoms with Gasteiger partial charge in [0.1, 0.15) is 10.7 Å². The predicted octanol–water partition coefficient (Wildman–Crippen LogP) is 3.40. The number of halogens is 4. The third kappa shape index (κ3) is 4.74. The highest BCUT2D eigenvalue weighted by atomic mass is 79.9. The van der Waals surface area contributed by atoms with Crippen LogP contribution in [0.4, 0.5) is 18.9 Å². The molecule has 1 saturated heterocycles. The summed E-state index contributed by atoms with van der Waals surface area (Å²) in [4.78, 5) is 5.97. The Morgan fingerprint density at radius 1 is 1.26 bits per heavy atom. The molecule has 0 bridgehead atoms. The largest absolute Gasteiger partial charge is 0.573 e. The van der Waals surface area contributed by atoms with Crippen LogP contribution >= 0.6 is 15.9 Å². The zero-order valence-electron chi connectivity index (χ0n) is 18.3. The number of anilines is 1. The zero-order valence-corrected chi connectivity index (χ0v) is 20.7. The lowest BCUT2D eigenvalue weighted by Gasteiger charge is -2.39. The normalized spacial score (nSPS) is 23.1. The summed E-state index contributed by atoms with van der Waals surface area (Å²) in [5.41, 5.74) is 8.28. The number of rotatable bonds is 4. The molecule has 184 valence electrons. The molecule has 2 aliphatic heterocycles. The van der Waals surface area contributed by atoms with E-state index >= 15 is 0 Å². The summed E-state index contributed by atoms with van der Waals surface area (Å²) in [5, 5.41) is 3.22. The van der Waals surface area contributed by atoms with Crippen molar-refractivity contribution in [2.24, 2.45) is 16.6 Å². The molecule has 3 N–H and O–H groups in total. The van der Waals surface area contributed by atoms with Crippen molar-refractivity contribution >= 4 is 37.5 Å². The molecule has 2 unspecified atom stereocenters. The molecule has 34 heavy (non-hydrogen) atoms. The van der Waals surface area contributed by atoms with E-state index in [1.807, 2.05) is 43.3 Å². The van der Waals surface area contributed by atoms with E-state index < -0.39 is 38.7 Å². The number of aliphatic imine (C=N–C) groups is 1. The highest BCUT2D eigenvalue weighted by Gasteiger charge is 2.46. The van der Waals surface area contributed by atoms with Crippen LogP contribution in [0.1, 0.15) is 12.0 Å². The van der Waals surface area contributed by atoms with E-state index in [4.69, 9.17) is 10.7 Å². The molecule has 1 fully saturated rings. The molecule has 2 aliphatic rings. The third-order valence-electron chi connectivity index (χ3n) is 5.74. The van der Waals surface area contributed by atoms with Crippen molar-refractivity contribution in [2.45, 2.75) is 23.5 Å². The first-order valence-corrected chi connectivity index (χ1v) is 12.5. The first kappa shape index (κ1) is 24.8. The van der Waals surface area contributed by atoms with Gasteiger partial charge in [0, 0.05) is 48.8 Å². The molecule has 2 aromatic rings. The number of alkyl halides is 3. The standard InChI is InChI=1S/C21H23BrF3N5O3S/c1-29(2)19-15-5-3-4-6-16(15)27-20(26,28-19)13-9-10-30(12-13)34(31,32)18-8-7-14(22)11-17(18)33-21(23,24)25/h3-8,11,13,27H,9-10,12,26H2,1-2H3. The summed E-state index contributed by atoms with van der Waals surface area (Å²) >= 11 is 3.05. The number of nitrogens with one attached hydrogen (secondary N) is 1. The van der Waals surface area contributed by atoms with Crippen LogP contribution in [0.3, 0.4) is 0 Å². The summed E-state index contributed by atoms with van der Waals surface area (Å²) in [5.74, 6) is -1.89. The van der Waals surface area contributed by atoms with E-state index in [0.717, 1.165) is 27.7 Å². The Kier molecular flexibility index (Phi) is 6.34. The quantitative estimate of drug-likeness (QED) is 0.593. The van der Waals surface area contributed by atoms with Crippen LogP contribution in [-0.4, -0.2) is 62.8 Å². The van der Waals surface area contributed by atoms with E-state index in [1.165, 1.54) is 6.07 Å². The second-order valence-electron chi connectivity index (χ2n) is 8.31. The molecule has 4 rings (SSSR count). The maximum absolute atomic E-state index is 13.3. The number of amidine groups is 1. The lowest BCUT2D eigenvalue weighted by molar-refractivity contribution is -0.275. The topological polar surface area (TPSA) is 100 Å². The fourth-order valence-corrected chi connectivity index (χ4v) is 6.08. The maximum atomic E-state index is 13.3. The van der Waals surface area contributed by atoms with E-state index in [1.54, 1.807) is 0 Å². The van der Waals surface area contributed by atoms with Crippen LogP contribution < -0.4 is 15.8 Å². The molecule has 13 heteroatoms. The van der Waals surface area contributed by atoms with Crippen LogP contribution in [0.2, 0.25) is 0 Å². The number of ether oxygens (including phenoxy) is 1. The van der Waals surface area contributed by atoms with Gasteiger partial charge >= 0.3 is 6.36 Å². The molecule has 2 aromatic carbocycles. The lowest BCUT2D eigenvalue weighted by Crippen LogP contribution is -2.56. The van der Waals surface area contributed by atoms with Gasteiger partial charge < -0.3 is 15.0 Å². The minimum Gasteiger partial charge on any atom is -0.404 e. The Morgan fingerprint density at radius 3 is 2.65 bits per heavy atom. The van der Waals surface area contributed by atoms with Gasteiger partial charge in [0.05, 0.1) is 0 Å². The Balaban J connectivity index is 1.64. The van der Waals surface area contributed by atoms with Gasteiger partial charge in [-0.1, -0.05) is 28.1 Å². The number of benzene rings is 2. The second kappa shape index (κ2) is 8.70. The predicted molar refractivity (Wildman–Crippen MR) is 125 cm³/mol. The summed E-state index contributed by atoms with van der Waals surface area (Å²) in [6, 6.07) is 10.9. The van der Waals surface area contributed by atoms with Crippen molar-refractivity contribution in [3.05, 3.63) is 52.5 Å². The Morgan fingerprint density at radius 2 is 1.97 bits per heavy atom. The summed E-state index contributed by atoms with van der Waals surface area (Å²) in [6.45, 7) is 0.0450. The second-order valence-corrected chi connectivity index (χ2v) is 11.1. The van der Waals surface area contributed by atoms with Gasteiger partial charge in [0.25, 0.3) is 0 Å². The number of para-hydroxylation sites is 1. The fourth-order valence-electron chi connectivity index (χ4n) is 4.14.